The third kappa shape index (κ3) is 3.27. The molecule has 1 amide bonds. The number of benzene rings is 1. The van der Waals surface area contributed by atoms with Gasteiger partial charge in [0.25, 0.3) is 5.91 Å². The van der Waals surface area contributed by atoms with Crippen molar-refractivity contribution in [3.8, 4) is 0 Å². The standard InChI is InChI=1S/C19H23ClN2O2.ClH/c1-10-14-6-3-7-15(20)18(14)24-17(10)19(23)22-16-11-4-2-5-12(16)9-13(21)8-11;/h3,6-7,11-13,16H,2,4-5,8-9,21H2,1H3,(H,22,23);1H. The molecule has 2 aliphatic carbocycles. The second-order valence-corrected chi connectivity index (χ2v) is 7.76. The molecule has 2 aliphatic rings. The number of amides is 1. The molecule has 3 N–H and O–H groups in total. The minimum Gasteiger partial charge on any atom is -0.449 e. The third-order valence-electron chi connectivity index (χ3n) is 5.80. The van der Waals surface area contributed by atoms with Crippen LogP contribution in [0.5, 0.6) is 0 Å². The summed E-state index contributed by atoms with van der Waals surface area (Å²) in [6, 6.07) is 6.09. The van der Waals surface area contributed by atoms with Gasteiger partial charge in [0.15, 0.2) is 11.3 Å². The Labute approximate surface area is 158 Å². The molecule has 0 aliphatic heterocycles. The highest BCUT2D eigenvalue weighted by Gasteiger charge is 2.40. The topological polar surface area (TPSA) is 68.3 Å². The van der Waals surface area contributed by atoms with Crippen LogP contribution in [-0.2, 0) is 0 Å². The first kappa shape index (κ1) is 18.6. The second kappa shape index (κ2) is 7.18. The number of halogens is 2. The van der Waals surface area contributed by atoms with E-state index < -0.39 is 0 Å². The van der Waals surface area contributed by atoms with Crippen LogP contribution in [0.2, 0.25) is 5.02 Å². The number of carbonyl (C=O) groups is 1. The van der Waals surface area contributed by atoms with E-state index in [-0.39, 0.29) is 30.4 Å². The summed E-state index contributed by atoms with van der Waals surface area (Å²) in [5, 5.41) is 4.69. The van der Waals surface area contributed by atoms with Crippen molar-refractivity contribution in [1.29, 1.82) is 0 Å². The lowest BCUT2D eigenvalue weighted by Gasteiger charge is -2.45. The van der Waals surface area contributed by atoms with Crippen molar-refractivity contribution in [3.05, 3.63) is 34.5 Å². The smallest absolute Gasteiger partial charge is 0.287 e. The van der Waals surface area contributed by atoms with Gasteiger partial charge in [-0.1, -0.05) is 30.2 Å². The van der Waals surface area contributed by atoms with Crippen LogP contribution in [0.3, 0.4) is 0 Å². The molecule has 136 valence electrons. The maximum absolute atomic E-state index is 12.8. The molecular weight excluding hydrogens is 359 g/mol. The van der Waals surface area contributed by atoms with E-state index in [9.17, 15) is 4.79 Å². The van der Waals surface area contributed by atoms with E-state index in [0.717, 1.165) is 36.6 Å². The monoisotopic (exact) mass is 382 g/mol. The van der Waals surface area contributed by atoms with Crippen LogP contribution in [0.1, 0.15) is 48.2 Å². The zero-order valence-electron chi connectivity index (χ0n) is 14.3. The summed E-state index contributed by atoms with van der Waals surface area (Å²) < 4.78 is 5.81. The fourth-order valence-corrected chi connectivity index (χ4v) is 4.88. The van der Waals surface area contributed by atoms with Gasteiger partial charge < -0.3 is 15.5 Å². The lowest BCUT2D eigenvalue weighted by atomic mass is 9.67. The molecule has 1 aromatic carbocycles. The average molecular weight is 383 g/mol. The van der Waals surface area contributed by atoms with E-state index in [4.69, 9.17) is 21.8 Å². The van der Waals surface area contributed by atoms with E-state index >= 15 is 0 Å². The van der Waals surface area contributed by atoms with E-state index in [1.54, 1.807) is 6.07 Å². The molecule has 0 saturated heterocycles. The lowest BCUT2D eigenvalue weighted by Crippen LogP contribution is -2.53. The molecule has 2 unspecified atom stereocenters. The van der Waals surface area contributed by atoms with Crippen LogP contribution in [0, 0.1) is 18.8 Å². The number of nitrogens with two attached hydrogens (primary N) is 1. The number of para-hydroxylation sites is 1. The fraction of sp³-hybridized carbons (Fsp3) is 0.526. The molecule has 4 nitrogen and oxygen atoms in total. The largest absolute Gasteiger partial charge is 0.449 e. The van der Waals surface area contributed by atoms with Crippen LogP contribution in [0.25, 0.3) is 11.0 Å². The zero-order chi connectivity index (χ0) is 16.8. The van der Waals surface area contributed by atoms with E-state index in [1.165, 1.54) is 6.42 Å². The quantitative estimate of drug-likeness (QED) is 0.805. The maximum atomic E-state index is 12.8. The van der Waals surface area contributed by atoms with Gasteiger partial charge in [-0.3, -0.25) is 4.79 Å². The van der Waals surface area contributed by atoms with E-state index in [0.29, 0.717) is 28.2 Å². The van der Waals surface area contributed by atoms with Crippen molar-refractivity contribution < 1.29 is 9.21 Å². The number of aryl methyl sites for hydroxylation is 1. The molecule has 4 rings (SSSR count). The molecule has 0 spiro atoms. The number of nitrogens with one attached hydrogen (secondary N) is 1. The Kier molecular flexibility index (Phi) is 5.33. The third-order valence-corrected chi connectivity index (χ3v) is 6.09. The summed E-state index contributed by atoms with van der Waals surface area (Å²) in [5.41, 5.74) is 7.62. The van der Waals surface area contributed by atoms with Gasteiger partial charge in [0.05, 0.1) is 5.02 Å². The number of fused-ring (bicyclic) bond motifs is 3. The van der Waals surface area contributed by atoms with Gasteiger partial charge >= 0.3 is 0 Å². The SMILES string of the molecule is Cc1c(C(=O)NC2C3CCCC2CC(N)C3)oc2c(Cl)cccc12.Cl. The molecule has 2 saturated carbocycles. The predicted molar refractivity (Wildman–Crippen MR) is 103 cm³/mol. The highest BCUT2D eigenvalue weighted by Crippen LogP contribution is 2.40. The van der Waals surface area contributed by atoms with Crippen molar-refractivity contribution in [2.75, 3.05) is 0 Å². The summed E-state index contributed by atoms with van der Waals surface area (Å²) in [4.78, 5) is 12.8. The van der Waals surface area contributed by atoms with Gasteiger partial charge in [0.2, 0.25) is 0 Å². The van der Waals surface area contributed by atoms with Gasteiger partial charge in [-0.15, -0.1) is 12.4 Å². The van der Waals surface area contributed by atoms with Crippen LogP contribution < -0.4 is 11.1 Å². The summed E-state index contributed by atoms with van der Waals surface area (Å²) in [7, 11) is 0. The predicted octanol–water partition coefficient (Wildman–Crippen LogP) is 4.45. The minimum absolute atomic E-state index is 0. The molecule has 6 heteroatoms. The van der Waals surface area contributed by atoms with Crippen molar-refractivity contribution >= 4 is 40.9 Å². The van der Waals surface area contributed by atoms with E-state index in [1.807, 2.05) is 19.1 Å². The Balaban J connectivity index is 0.00000182. The van der Waals surface area contributed by atoms with Crippen molar-refractivity contribution in [3.63, 3.8) is 0 Å². The Bertz CT molecular complexity index is 775. The normalized spacial score (nSPS) is 28.4. The minimum atomic E-state index is -0.128. The van der Waals surface area contributed by atoms with Gasteiger partial charge in [-0.2, -0.15) is 0 Å². The number of carbonyl (C=O) groups excluding carboxylic acids is 1. The van der Waals surface area contributed by atoms with Crippen molar-refractivity contribution in [2.45, 2.75) is 51.1 Å². The number of hydrogen-bond donors (Lipinski definition) is 2. The van der Waals surface area contributed by atoms with Gasteiger partial charge in [-0.05, 0) is 50.5 Å². The molecular formula is C19H24Cl2N2O2. The number of rotatable bonds is 2. The molecule has 0 radical (unpaired) electrons. The maximum Gasteiger partial charge on any atom is 0.287 e. The highest BCUT2D eigenvalue weighted by atomic mass is 35.5. The zero-order valence-corrected chi connectivity index (χ0v) is 15.8. The Morgan fingerprint density at radius 3 is 2.60 bits per heavy atom. The first-order valence-electron chi connectivity index (χ1n) is 8.78. The van der Waals surface area contributed by atoms with Crippen LogP contribution in [0.4, 0.5) is 0 Å². The summed E-state index contributed by atoms with van der Waals surface area (Å²) in [6.07, 6.45) is 5.56. The Morgan fingerprint density at radius 2 is 1.96 bits per heavy atom. The number of furan rings is 1. The summed E-state index contributed by atoms with van der Waals surface area (Å²) in [6.45, 7) is 1.91. The Morgan fingerprint density at radius 1 is 1.28 bits per heavy atom. The fourth-order valence-electron chi connectivity index (χ4n) is 4.67. The first-order chi connectivity index (χ1) is 11.5. The highest BCUT2D eigenvalue weighted by molar-refractivity contribution is 6.35. The first-order valence-corrected chi connectivity index (χ1v) is 9.16. The van der Waals surface area contributed by atoms with Crippen molar-refractivity contribution in [2.24, 2.45) is 17.6 Å². The molecule has 1 heterocycles. The van der Waals surface area contributed by atoms with Gasteiger partial charge in [0, 0.05) is 23.0 Å². The number of hydrogen-bond acceptors (Lipinski definition) is 3. The van der Waals surface area contributed by atoms with E-state index in [2.05, 4.69) is 5.32 Å². The molecule has 2 fully saturated rings. The second-order valence-electron chi connectivity index (χ2n) is 7.35. The Hall–Kier alpha value is -1.23. The molecule has 2 aromatic rings. The molecule has 2 atom stereocenters. The van der Waals surface area contributed by atoms with Crippen LogP contribution in [-0.4, -0.2) is 18.0 Å². The van der Waals surface area contributed by atoms with Crippen LogP contribution in [0.15, 0.2) is 22.6 Å². The molecule has 25 heavy (non-hydrogen) atoms. The lowest BCUT2D eigenvalue weighted by molar-refractivity contribution is 0.0733. The molecule has 1 aromatic heterocycles. The van der Waals surface area contributed by atoms with Gasteiger partial charge in [0.1, 0.15) is 0 Å². The van der Waals surface area contributed by atoms with Crippen molar-refractivity contribution in [1.82, 2.24) is 5.32 Å². The summed E-state index contributed by atoms with van der Waals surface area (Å²) >= 11 is 6.19. The molecule has 2 bridgehead atoms. The average Bonchev–Trinajstić information content (AvgIpc) is 2.87. The van der Waals surface area contributed by atoms with Gasteiger partial charge in [-0.25, -0.2) is 0 Å². The van der Waals surface area contributed by atoms with Crippen LogP contribution >= 0.6 is 24.0 Å². The summed E-state index contributed by atoms with van der Waals surface area (Å²) in [5.74, 6) is 1.23.